The van der Waals surface area contributed by atoms with Crippen molar-refractivity contribution in [1.29, 1.82) is 0 Å². The number of aromatic nitrogens is 3. The highest BCUT2D eigenvalue weighted by atomic mass is 32.1. The van der Waals surface area contributed by atoms with Crippen LogP contribution in [0.25, 0.3) is 10.2 Å². The Hall–Kier alpha value is -2.32. The Morgan fingerprint density at radius 2 is 2.19 bits per heavy atom. The van der Waals surface area contributed by atoms with Crippen molar-refractivity contribution in [2.45, 2.75) is 33.4 Å². The number of nitrogens with zero attached hydrogens (tertiary/aromatic N) is 4. The third-order valence-electron chi connectivity index (χ3n) is 3.89. The van der Waals surface area contributed by atoms with Gasteiger partial charge in [-0.1, -0.05) is 17.4 Å². The Labute approximate surface area is 154 Å². The summed E-state index contributed by atoms with van der Waals surface area (Å²) in [5.74, 6) is -0.732. The number of ether oxygens (including phenoxy) is 1. The number of amides is 1. The maximum atomic E-state index is 14.4. The van der Waals surface area contributed by atoms with Crippen LogP contribution in [0.15, 0.2) is 35.5 Å². The second-order valence-electron chi connectivity index (χ2n) is 5.99. The second kappa shape index (κ2) is 7.92. The predicted octanol–water partition coefficient (Wildman–Crippen LogP) is 3.40. The number of carbonyl (C=O) groups excluding carboxylic acids is 1. The third-order valence-corrected chi connectivity index (χ3v) is 4.93. The molecular formula is C18H21FN4O2S. The van der Waals surface area contributed by atoms with Gasteiger partial charge in [-0.2, -0.15) is 10.1 Å². The van der Waals surface area contributed by atoms with Gasteiger partial charge in [0.2, 0.25) is 0 Å². The van der Waals surface area contributed by atoms with Crippen LogP contribution < -0.4 is 4.80 Å². The van der Waals surface area contributed by atoms with Gasteiger partial charge in [0, 0.05) is 25.4 Å². The molecule has 26 heavy (non-hydrogen) atoms. The molecule has 0 saturated carbocycles. The van der Waals surface area contributed by atoms with Crippen LogP contribution in [0.3, 0.4) is 0 Å². The number of hydrogen-bond acceptors (Lipinski definition) is 4. The minimum absolute atomic E-state index is 0.0454. The van der Waals surface area contributed by atoms with Gasteiger partial charge in [0.15, 0.2) is 4.80 Å². The Balaban J connectivity index is 2.09. The van der Waals surface area contributed by atoms with Gasteiger partial charge >= 0.3 is 0 Å². The van der Waals surface area contributed by atoms with Crippen molar-refractivity contribution in [3.05, 3.63) is 46.8 Å². The molecule has 0 bridgehead atoms. The molecule has 0 spiro atoms. The average Bonchev–Trinajstić information content (AvgIpc) is 3.21. The molecule has 0 aliphatic heterocycles. The molecule has 1 amide bonds. The topological polar surface area (TPSA) is 61.4 Å². The van der Waals surface area contributed by atoms with E-state index < -0.39 is 5.91 Å². The number of halogens is 1. The molecule has 0 atom stereocenters. The largest absolute Gasteiger partial charge is 0.380 e. The molecular weight excluding hydrogens is 355 g/mol. The van der Waals surface area contributed by atoms with Crippen LogP contribution in [0.1, 0.15) is 37.3 Å². The lowest BCUT2D eigenvalue weighted by molar-refractivity contribution is 0.0984. The van der Waals surface area contributed by atoms with Gasteiger partial charge in [-0.25, -0.2) is 4.39 Å². The summed E-state index contributed by atoms with van der Waals surface area (Å²) in [7, 11) is 0. The van der Waals surface area contributed by atoms with Gasteiger partial charge in [0.1, 0.15) is 11.5 Å². The first-order valence-electron chi connectivity index (χ1n) is 8.51. The van der Waals surface area contributed by atoms with E-state index in [2.05, 4.69) is 10.1 Å². The van der Waals surface area contributed by atoms with Crippen molar-refractivity contribution in [2.75, 3.05) is 13.2 Å². The van der Waals surface area contributed by atoms with Crippen LogP contribution in [-0.4, -0.2) is 33.5 Å². The van der Waals surface area contributed by atoms with E-state index in [1.165, 1.54) is 17.4 Å². The molecule has 0 aliphatic rings. The Bertz CT molecular complexity index is 987. The first-order chi connectivity index (χ1) is 12.5. The molecule has 0 fully saturated rings. The zero-order valence-electron chi connectivity index (χ0n) is 15.0. The summed E-state index contributed by atoms with van der Waals surface area (Å²) in [6, 6.07) is 6.57. The highest BCUT2D eigenvalue weighted by Crippen LogP contribution is 2.20. The fourth-order valence-corrected chi connectivity index (χ4v) is 3.79. The molecule has 8 heteroatoms. The first-order valence-corrected chi connectivity index (χ1v) is 9.32. The Morgan fingerprint density at radius 1 is 1.38 bits per heavy atom. The van der Waals surface area contributed by atoms with E-state index in [1.54, 1.807) is 27.6 Å². The minimum atomic E-state index is -0.395. The number of thiazole rings is 1. The normalized spacial score (nSPS) is 12.4. The summed E-state index contributed by atoms with van der Waals surface area (Å²) in [4.78, 5) is 17.4. The van der Waals surface area contributed by atoms with Gasteiger partial charge in [0.25, 0.3) is 5.91 Å². The minimum Gasteiger partial charge on any atom is -0.380 e. The summed E-state index contributed by atoms with van der Waals surface area (Å²) in [5, 5.41) is 4.17. The maximum absolute atomic E-state index is 14.4. The van der Waals surface area contributed by atoms with Crippen molar-refractivity contribution in [1.82, 2.24) is 14.3 Å². The quantitative estimate of drug-likeness (QED) is 0.620. The molecule has 0 aliphatic carbocycles. The van der Waals surface area contributed by atoms with E-state index in [1.807, 2.05) is 26.8 Å². The third kappa shape index (κ3) is 3.61. The Morgan fingerprint density at radius 3 is 2.92 bits per heavy atom. The van der Waals surface area contributed by atoms with E-state index in [0.29, 0.717) is 35.8 Å². The fourth-order valence-electron chi connectivity index (χ4n) is 2.72. The predicted molar refractivity (Wildman–Crippen MR) is 98.8 cm³/mol. The van der Waals surface area contributed by atoms with Crippen molar-refractivity contribution in [3.63, 3.8) is 0 Å². The van der Waals surface area contributed by atoms with Crippen molar-refractivity contribution in [3.8, 4) is 0 Å². The van der Waals surface area contributed by atoms with E-state index in [0.717, 1.165) is 4.70 Å². The van der Waals surface area contributed by atoms with Crippen LogP contribution >= 0.6 is 11.3 Å². The number of rotatable bonds is 6. The monoisotopic (exact) mass is 376 g/mol. The van der Waals surface area contributed by atoms with E-state index >= 15 is 0 Å². The molecule has 0 N–H and O–H groups in total. The average molecular weight is 376 g/mol. The highest BCUT2D eigenvalue weighted by molar-refractivity contribution is 7.16. The number of carbonyl (C=O) groups is 1. The second-order valence-corrected chi connectivity index (χ2v) is 7.00. The molecule has 0 radical (unpaired) electrons. The van der Waals surface area contributed by atoms with Crippen LogP contribution in [0.2, 0.25) is 0 Å². The number of fused-ring (bicyclic) bond motifs is 1. The van der Waals surface area contributed by atoms with Gasteiger partial charge in [-0.3, -0.25) is 9.48 Å². The van der Waals surface area contributed by atoms with Crippen molar-refractivity contribution >= 4 is 27.5 Å². The molecule has 2 heterocycles. The number of para-hydroxylation sites is 1. The van der Waals surface area contributed by atoms with Gasteiger partial charge in [-0.05, 0) is 39.0 Å². The summed E-state index contributed by atoms with van der Waals surface area (Å²) >= 11 is 1.29. The zero-order valence-corrected chi connectivity index (χ0v) is 15.8. The highest BCUT2D eigenvalue weighted by Gasteiger charge is 2.16. The first kappa shape index (κ1) is 18.5. The molecule has 1 aromatic carbocycles. The lowest BCUT2D eigenvalue weighted by Crippen LogP contribution is -2.21. The summed E-state index contributed by atoms with van der Waals surface area (Å²) in [5.41, 5.74) is 0.857. The molecule has 2 aromatic heterocycles. The van der Waals surface area contributed by atoms with Crippen LogP contribution in [0.4, 0.5) is 4.39 Å². The Kier molecular flexibility index (Phi) is 5.63. The summed E-state index contributed by atoms with van der Waals surface area (Å²) in [6.45, 7) is 7.21. The van der Waals surface area contributed by atoms with E-state index in [-0.39, 0.29) is 11.9 Å². The van der Waals surface area contributed by atoms with Crippen molar-refractivity contribution < 1.29 is 13.9 Å². The maximum Gasteiger partial charge on any atom is 0.297 e. The smallest absolute Gasteiger partial charge is 0.297 e. The molecule has 6 nitrogen and oxygen atoms in total. The van der Waals surface area contributed by atoms with E-state index in [9.17, 15) is 9.18 Å². The molecule has 0 unspecified atom stereocenters. The fraction of sp³-hybridized carbons (Fsp3) is 0.389. The number of benzene rings is 1. The summed E-state index contributed by atoms with van der Waals surface area (Å²) < 4.78 is 23.8. The van der Waals surface area contributed by atoms with Crippen LogP contribution in [-0.2, 0) is 11.3 Å². The summed E-state index contributed by atoms with van der Waals surface area (Å²) in [6.07, 6.45) is 1.58. The van der Waals surface area contributed by atoms with Crippen LogP contribution in [0.5, 0.6) is 0 Å². The lowest BCUT2D eigenvalue weighted by atomic mass is 10.3. The molecule has 0 saturated heterocycles. The van der Waals surface area contributed by atoms with Crippen molar-refractivity contribution in [2.24, 2.45) is 4.99 Å². The molecule has 3 aromatic rings. The standard InChI is InChI=1S/C18H21FN4O2S/c1-4-25-11-10-22-16-13(19)6-5-7-15(16)26-18(22)21-17(24)14-8-9-20-23(14)12(2)3/h5-9,12H,4,10-11H2,1-3H3. The zero-order chi connectivity index (χ0) is 18.7. The van der Waals surface area contributed by atoms with E-state index in [4.69, 9.17) is 4.74 Å². The molecule has 138 valence electrons. The number of hydrogen-bond donors (Lipinski definition) is 0. The molecule has 3 rings (SSSR count). The lowest BCUT2D eigenvalue weighted by Gasteiger charge is -2.08. The van der Waals surface area contributed by atoms with Gasteiger partial charge in [0.05, 0.1) is 16.8 Å². The van der Waals surface area contributed by atoms with Gasteiger partial charge in [-0.15, -0.1) is 0 Å². The van der Waals surface area contributed by atoms with Gasteiger partial charge < -0.3 is 9.30 Å². The van der Waals surface area contributed by atoms with Crippen LogP contribution in [0, 0.1) is 5.82 Å². The SMILES string of the molecule is CCOCCn1c(=NC(=O)c2ccnn2C(C)C)sc2cccc(F)c21.